The van der Waals surface area contributed by atoms with Crippen molar-refractivity contribution in [2.45, 2.75) is 45.7 Å². The summed E-state index contributed by atoms with van der Waals surface area (Å²) in [6.45, 7) is 7.19. The average Bonchev–Trinajstić information content (AvgIpc) is 2.23. The van der Waals surface area contributed by atoms with Gasteiger partial charge in [0.05, 0.1) is 11.5 Å². The van der Waals surface area contributed by atoms with Crippen molar-refractivity contribution in [2.24, 2.45) is 0 Å². The Morgan fingerprint density at radius 1 is 1.44 bits per heavy atom. The van der Waals surface area contributed by atoms with Crippen LogP contribution in [-0.2, 0) is 14.6 Å². The second kappa shape index (κ2) is 6.52. The molecule has 1 unspecified atom stereocenters. The van der Waals surface area contributed by atoms with Crippen LogP contribution in [0.4, 0.5) is 0 Å². The van der Waals surface area contributed by atoms with E-state index in [0.29, 0.717) is 6.54 Å². The maximum Gasteiger partial charge on any atom is 0.224 e. The molecular formula is C12H24N2O3S. The number of sulfone groups is 1. The van der Waals surface area contributed by atoms with Crippen LogP contribution in [0.1, 0.15) is 33.6 Å². The molecule has 1 rings (SSSR count). The van der Waals surface area contributed by atoms with E-state index in [4.69, 9.17) is 0 Å². The average molecular weight is 276 g/mol. The zero-order valence-electron chi connectivity index (χ0n) is 11.5. The molecule has 1 saturated heterocycles. The maximum absolute atomic E-state index is 12.1. The monoisotopic (exact) mass is 276 g/mol. The Labute approximate surface area is 110 Å². The van der Waals surface area contributed by atoms with Crippen LogP contribution in [0.2, 0.25) is 0 Å². The molecule has 0 saturated carbocycles. The Morgan fingerprint density at radius 3 is 2.61 bits per heavy atom. The van der Waals surface area contributed by atoms with E-state index >= 15 is 0 Å². The first kappa shape index (κ1) is 15.4. The quantitative estimate of drug-likeness (QED) is 0.790. The molecule has 0 aliphatic carbocycles. The molecule has 6 heteroatoms. The summed E-state index contributed by atoms with van der Waals surface area (Å²) in [6.07, 6.45) is 1.19. The third kappa shape index (κ3) is 4.57. The van der Waals surface area contributed by atoms with Gasteiger partial charge in [-0.25, -0.2) is 8.42 Å². The minimum Gasteiger partial charge on any atom is -0.340 e. The first-order chi connectivity index (χ1) is 8.35. The van der Waals surface area contributed by atoms with Crippen molar-refractivity contribution in [3.05, 3.63) is 0 Å². The van der Waals surface area contributed by atoms with Crippen molar-refractivity contribution < 1.29 is 13.2 Å². The molecule has 0 radical (unpaired) electrons. The van der Waals surface area contributed by atoms with Gasteiger partial charge in [0, 0.05) is 31.6 Å². The van der Waals surface area contributed by atoms with Crippen LogP contribution in [0, 0.1) is 0 Å². The highest BCUT2D eigenvalue weighted by atomic mass is 32.2. The predicted molar refractivity (Wildman–Crippen MR) is 72.2 cm³/mol. The summed E-state index contributed by atoms with van der Waals surface area (Å²) >= 11 is 0. The minimum absolute atomic E-state index is 0.0430. The largest absolute Gasteiger partial charge is 0.340 e. The van der Waals surface area contributed by atoms with Crippen molar-refractivity contribution >= 4 is 15.7 Å². The van der Waals surface area contributed by atoms with Gasteiger partial charge in [-0.05, 0) is 20.3 Å². The van der Waals surface area contributed by atoms with Crippen molar-refractivity contribution in [3.8, 4) is 0 Å². The molecule has 1 fully saturated rings. The summed E-state index contributed by atoms with van der Waals surface area (Å²) in [4.78, 5) is 14.0. The molecule has 5 nitrogen and oxygen atoms in total. The van der Waals surface area contributed by atoms with Gasteiger partial charge in [0.1, 0.15) is 0 Å². The molecule has 18 heavy (non-hydrogen) atoms. The van der Waals surface area contributed by atoms with Crippen LogP contribution in [0.15, 0.2) is 0 Å². The highest BCUT2D eigenvalue weighted by molar-refractivity contribution is 7.91. The summed E-state index contributed by atoms with van der Waals surface area (Å²) in [5.41, 5.74) is 0. The molecule has 0 spiro atoms. The molecule has 0 bridgehead atoms. The second-order valence-corrected chi connectivity index (χ2v) is 7.38. The van der Waals surface area contributed by atoms with Gasteiger partial charge in [-0.3, -0.25) is 4.79 Å². The van der Waals surface area contributed by atoms with Crippen molar-refractivity contribution in [1.29, 1.82) is 0 Å². The lowest BCUT2D eigenvalue weighted by atomic mass is 10.1. The third-order valence-electron chi connectivity index (χ3n) is 3.13. The molecule has 1 N–H and O–H groups in total. The molecule has 0 aromatic rings. The van der Waals surface area contributed by atoms with Gasteiger partial charge in [0.15, 0.2) is 9.84 Å². The molecule has 106 valence electrons. The molecular weight excluding hydrogens is 252 g/mol. The Morgan fingerprint density at radius 2 is 2.11 bits per heavy atom. The van der Waals surface area contributed by atoms with E-state index in [1.54, 1.807) is 0 Å². The molecule has 1 heterocycles. The Hall–Kier alpha value is -0.620. The number of hydrogen-bond donors (Lipinski definition) is 1. The zero-order valence-corrected chi connectivity index (χ0v) is 12.3. The number of amides is 1. The summed E-state index contributed by atoms with van der Waals surface area (Å²) in [6, 6.07) is -0.0630. The van der Waals surface area contributed by atoms with Gasteiger partial charge in [-0.15, -0.1) is 0 Å². The number of hydrogen-bond acceptors (Lipinski definition) is 4. The van der Waals surface area contributed by atoms with Crippen molar-refractivity contribution in [1.82, 2.24) is 10.2 Å². The van der Waals surface area contributed by atoms with Crippen LogP contribution < -0.4 is 5.32 Å². The molecule has 1 amide bonds. The van der Waals surface area contributed by atoms with E-state index in [-0.39, 0.29) is 35.9 Å². The third-order valence-corrected chi connectivity index (χ3v) is 4.87. The van der Waals surface area contributed by atoms with Crippen LogP contribution in [0.3, 0.4) is 0 Å². The van der Waals surface area contributed by atoms with Crippen molar-refractivity contribution in [2.75, 3.05) is 24.6 Å². The maximum atomic E-state index is 12.1. The predicted octanol–water partition coefficient (Wildman–Crippen LogP) is 0.410. The van der Waals surface area contributed by atoms with Gasteiger partial charge < -0.3 is 10.2 Å². The lowest BCUT2D eigenvalue weighted by Gasteiger charge is -2.30. The summed E-state index contributed by atoms with van der Waals surface area (Å²) in [7, 11) is -2.97. The van der Waals surface area contributed by atoms with Gasteiger partial charge in [-0.2, -0.15) is 0 Å². The highest BCUT2D eigenvalue weighted by Gasteiger charge is 2.28. The molecule has 1 aliphatic heterocycles. The fourth-order valence-electron chi connectivity index (χ4n) is 2.24. The summed E-state index contributed by atoms with van der Waals surface area (Å²) in [5, 5.41) is 3.11. The highest BCUT2D eigenvalue weighted by Crippen LogP contribution is 2.09. The standard InChI is InChI=1S/C12H24N2O3S/c1-4-6-14(10(2)3)12(15)8-11-9-18(16,17)7-5-13-11/h10-11,13H,4-9H2,1-3H3. The van der Waals surface area contributed by atoms with E-state index in [9.17, 15) is 13.2 Å². The van der Waals surface area contributed by atoms with Gasteiger partial charge in [-0.1, -0.05) is 6.92 Å². The molecule has 0 aromatic carbocycles. The lowest BCUT2D eigenvalue weighted by Crippen LogP contribution is -2.48. The SMILES string of the molecule is CCCN(C(=O)CC1CS(=O)(=O)CCN1)C(C)C. The summed E-state index contributed by atoms with van der Waals surface area (Å²) in [5.74, 6) is 0.304. The Bertz CT molecular complexity index is 379. The Kier molecular flexibility index (Phi) is 5.59. The first-order valence-corrected chi connectivity index (χ1v) is 8.41. The number of nitrogens with one attached hydrogen (secondary N) is 1. The fourth-order valence-corrected chi connectivity index (χ4v) is 3.68. The number of rotatable bonds is 5. The second-order valence-electron chi connectivity index (χ2n) is 5.15. The van der Waals surface area contributed by atoms with E-state index in [1.807, 2.05) is 25.7 Å². The number of nitrogens with zero attached hydrogens (tertiary/aromatic N) is 1. The van der Waals surface area contributed by atoms with Gasteiger partial charge in [0.25, 0.3) is 0 Å². The van der Waals surface area contributed by atoms with Crippen LogP contribution >= 0.6 is 0 Å². The molecule has 1 aliphatic rings. The van der Waals surface area contributed by atoms with Crippen LogP contribution in [0.25, 0.3) is 0 Å². The van der Waals surface area contributed by atoms with Crippen LogP contribution in [0.5, 0.6) is 0 Å². The van der Waals surface area contributed by atoms with Crippen LogP contribution in [-0.4, -0.2) is 55.9 Å². The Balaban J connectivity index is 2.57. The van der Waals surface area contributed by atoms with E-state index in [1.165, 1.54) is 0 Å². The zero-order chi connectivity index (χ0) is 13.8. The number of carbonyl (C=O) groups is 1. The van der Waals surface area contributed by atoms with Crippen molar-refractivity contribution in [3.63, 3.8) is 0 Å². The normalized spacial score (nSPS) is 23.0. The van der Waals surface area contributed by atoms with E-state index in [0.717, 1.165) is 13.0 Å². The molecule has 1 atom stereocenters. The number of carbonyl (C=O) groups excluding carboxylic acids is 1. The summed E-state index contributed by atoms with van der Waals surface area (Å²) < 4.78 is 23.0. The fraction of sp³-hybridized carbons (Fsp3) is 0.917. The lowest BCUT2D eigenvalue weighted by molar-refractivity contribution is -0.133. The topological polar surface area (TPSA) is 66.5 Å². The minimum atomic E-state index is -2.97. The molecule has 0 aromatic heterocycles. The smallest absolute Gasteiger partial charge is 0.224 e. The first-order valence-electron chi connectivity index (χ1n) is 6.59. The van der Waals surface area contributed by atoms with Gasteiger partial charge in [0.2, 0.25) is 5.91 Å². The van der Waals surface area contributed by atoms with E-state index in [2.05, 4.69) is 5.32 Å². The van der Waals surface area contributed by atoms with Gasteiger partial charge >= 0.3 is 0 Å². The van der Waals surface area contributed by atoms with E-state index < -0.39 is 9.84 Å².